The van der Waals surface area contributed by atoms with Crippen LogP contribution in [0.25, 0.3) is 10.2 Å². The molecule has 1 fully saturated rings. The van der Waals surface area contributed by atoms with E-state index in [-0.39, 0.29) is 0 Å². The minimum atomic E-state index is 0.358. The first-order valence-electron chi connectivity index (χ1n) is 6.35. The Morgan fingerprint density at radius 3 is 3.00 bits per heavy atom. The molecule has 2 aromatic rings. The predicted molar refractivity (Wildman–Crippen MR) is 77.8 cm³/mol. The van der Waals surface area contributed by atoms with E-state index < -0.39 is 0 Å². The summed E-state index contributed by atoms with van der Waals surface area (Å²) in [6.07, 6.45) is 3.77. The standard InChI is InChI=1S/C13H16ClN3S/c1-8-5-3-4-6-17(8)11-10-7-9(2)18-12(10)16-13(14)15-11/h7-8H,3-6H2,1-2H3. The van der Waals surface area contributed by atoms with Gasteiger partial charge < -0.3 is 4.90 Å². The number of thiophene rings is 1. The molecule has 2 aromatic heterocycles. The fourth-order valence-corrected chi connectivity index (χ4v) is 3.72. The molecule has 0 saturated carbocycles. The highest BCUT2D eigenvalue weighted by Crippen LogP contribution is 2.34. The molecule has 5 heteroatoms. The summed E-state index contributed by atoms with van der Waals surface area (Å²) in [5, 5.41) is 1.51. The second kappa shape index (κ2) is 4.67. The average molecular weight is 282 g/mol. The molecular formula is C13H16ClN3S. The van der Waals surface area contributed by atoms with E-state index >= 15 is 0 Å². The molecule has 1 unspecified atom stereocenters. The Labute approximate surface area is 116 Å². The summed E-state index contributed by atoms with van der Waals surface area (Å²) >= 11 is 7.74. The molecular weight excluding hydrogens is 266 g/mol. The van der Waals surface area contributed by atoms with Gasteiger partial charge in [-0.15, -0.1) is 11.3 Å². The van der Waals surface area contributed by atoms with Crippen molar-refractivity contribution in [2.75, 3.05) is 11.4 Å². The van der Waals surface area contributed by atoms with Crippen LogP contribution in [-0.2, 0) is 0 Å². The maximum Gasteiger partial charge on any atom is 0.225 e. The molecule has 96 valence electrons. The third-order valence-corrected chi connectivity index (χ3v) is 4.66. The number of nitrogens with zero attached hydrogens (tertiary/aromatic N) is 3. The molecule has 0 aliphatic carbocycles. The van der Waals surface area contributed by atoms with Crippen molar-refractivity contribution in [2.45, 2.75) is 39.2 Å². The molecule has 0 spiro atoms. The highest BCUT2D eigenvalue weighted by atomic mass is 35.5. The van der Waals surface area contributed by atoms with Crippen LogP contribution >= 0.6 is 22.9 Å². The Balaban J connectivity index is 2.14. The number of halogens is 1. The van der Waals surface area contributed by atoms with Gasteiger partial charge in [0, 0.05) is 17.5 Å². The molecule has 0 amide bonds. The smallest absolute Gasteiger partial charge is 0.225 e. The zero-order valence-electron chi connectivity index (χ0n) is 10.6. The van der Waals surface area contributed by atoms with Crippen molar-refractivity contribution >= 4 is 39.0 Å². The predicted octanol–water partition coefficient (Wildman–Crippen LogP) is 4.03. The summed E-state index contributed by atoms with van der Waals surface area (Å²) in [5.41, 5.74) is 0. The van der Waals surface area contributed by atoms with Gasteiger partial charge in [0.1, 0.15) is 10.6 Å². The van der Waals surface area contributed by atoms with Gasteiger partial charge in [0.2, 0.25) is 5.28 Å². The maximum atomic E-state index is 6.06. The van der Waals surface area contributed by atoms with Gasteiger partial charge in [0.05, 0.1) is 5.39 Å². The van der Waals surface area contributed by atoms with Crippen LogP contribution in [0.15, 0.2) is 6.07 Å². The van der Waals surface area contributed by atoms with Crippen LogP contribution in [0.5, 0.6) is 0 Å². The SMILES string of the molecule is Cc1cc2c(N3CCCCC3C)nc(Cl)nc2s1. The summed E-state index contributed by atoms with van der Waals surface area (Å²) in [5.74, 6) is 1.02. The van der Waals surface area contributed by atoms with E-state index in [9.17, 15) is 0 Å². The van der Waals surface area contributed by atoms with E-state index in [4.69, 9.17) is 11.6 Å². The molecule has 1 aliphatic heterocycles. The van der Waals surface area contributed by atoms with Crippen LogP contribution in [-0.4, -0.2) is 22.6 Å². The molecule has 3 nitrogen and oxygen atoms in total. The molecule has 1 aliphatic rings. The lowest BCUT2D eigenvalue weighted by Crippen LogP contribution is -2.38. The van der Waals surface area contributed by atoms with Crippen LogP contribution in [0, 0.1) is 6.92 Å². The first-order chi connectivity index (χ1) is 8.65. The van der Waals surface area contributed by atoms with Crippen molar-refractivity contribution < 1.29 is 0 Å². The van der Waals surface area contributed by atoms with Gasteiger partial charge in [-0.25, -0.2) is 4.98 Å². The molecule has 0 aromatic carbocycles. The summed E-state index contributed by atoms with van der Waals surface area (Å²) in [7, 11) is 0. The van der Waals surface area contributed by atoms with Gasteiger partial charge in [0.25, 0.3) is 0 Å². The van der Waals surface area contributed by atoms with Crippen molar-refractivity contribution in [2.24, 2.45) is 0 Å². The van der Waals surface area contributed by atoms with E-state index in [1.165, 1.54) is 24.1 Å². The quantitative estimate of drug-likeness (QED) is 0.739. The third kappa shape index (κ3) is 2.08. The van der Waals surface area contributed by atoms with E-state index in [1.807, 2.05) is 0 Å². The van der Waals surface area contributed by atoms with Crippen molar-refractivity contribution in [1.29, 1.82) is 0 Å². The minimum Gasteiger partial charge on any atom is -0.353 e. The lowest BCUT2D eigenvalue weighted by atomic mass is 10.0. The monoisotopic (exact) mass is 281 g/mol. The Kier molecular flexibility index (Phi) is 3.16. The Hall–Kier alpha value is -0.870. The number of aryl methyl sites for hydroxylation is 1. The van der Waals surface area contributed by atoms with Crippen LogP contribution in [0.3, 0.4) is 0 Å². The van der Waals surface area contributed by atoms with E-state index in [2.05, 4.69) is 34.8 Å². The molecule has 3 heterocycles. The summed E-state index contributed by atoms with van der Waals surface area (Å²) in [6, 6.07) is 2.71. The molecule has 18 heavy (non-hydrogen) atoms. The largest absolute Gasteiger partial charge is 0.353 e. The Morgan fingerprint density at radius 2 is 2.22 bits per heavy atom. The number of hydrogen-bond donors (Lipinski definition) is 0. The maximum absolute atomic E-state index is 6.06. The zero-order chi connectivity index (χ0) is 12.7. The number of piperidine rings is 1. The van der Waals surface area contributed by atoms with E-state index in [0.717, 1.165) is 22.6 Å². The lowest BCUT2D eigenvalue weighted by Gasteiger charge is -2.34. The summed E-state index contributed by atoms with van der Waals surface area (Å²) < 4.78 is 0. The van der Waals surface area contributed by atoms with Crippen LogP contribution in [0.4, 0.5) is 5.82 Å². The van der Waals surface area contributed by atoms with Crippen LogP contribution in [0.2, 0.25) is 5.28 Å². The number of anilines is 1. The Morgan fingerprint density at radius 1 is 1.39 bits per heavy atom. The molecule has 0 N–H and O–H groups in total. The Bertz CT molecular complexity index is 581. The molecule has 0 bridgehead atoms. The first kappa shape index (κ1) is 12.2. The van der Waals surface area contributed by atoms with Crippen LogP contribution < -0.4 is 4.90 Å². The third-order valence-electron chi connectivity index (χ3n) is 3.54. The van der Waals surface area contributed by atoms with Gasteiger partial charge in [0.15, 0.2) is 0 Å². The molecule has 1 atom stereocenters. The van der Waals surface area contributed by atoms with Gasteiger partial charge in [-0.3, -0.25) is 0 Å². The van der Waals surface area contributed by atoms with Crippen molar-refractivity contribution in [3.63, 3.8) is 0 Å². The van der Waals surface area contributed by atoms with Crippen molar-refractivity contribution in [3.8, 4) is 0 Å². The normalized spacial score (nSPS) is 20.6. The number of hydrogen-bond acceptors (Lipinski definition) is 4. The van der Waals surface area contributed by atoms with Gasteiger partial charge >= 0.3 is 0 Å². The molecule has 3 rings (SSSR count). The molecule has 0 radical (unpaired) electrons. The second-order valence-corrected chi connectivity index (χ2v) is 6.50. The van der Waals surface area contributed by atoms with Crippen LogP contribution in [0.1, 0.15) is 31.1 Å². The lowest BCUT2D eigenvalue weighted by molar-refractivity contribution is 0.482. The number of rotatable bonds is 1. The zero-order valence-corrected chi connectivity index (χ0v) is 12.2. The summed E-state index contributed by atoms with van der Waals surface area (Å²) in [4.78, 5) is 13.4. The van der Waals surface area contributed by atoms with E-state index in [1.54, 1.807) is 11.3 Å². The van der Waals surface area contributed by atoms with Gasteiger partial charge in [-0.05, 0) is 50.8 Å². The van der Waals surface area contributed by atoms with Crippen molar-refractivity contribution in [3.05, 3.63) is 16.2 Å². The topological polar surface area (TPSA) is 29.0 Å². The van der Waals surface area contributed by atoms with Crippen molar-refractivity contribution in [1.82, 2.24) is 9.97 Å². The fraction of sp³-hybridized carbons (Fsp3) is 0.538. The summed E-state index contributed by atoms with van der Waals surface area (Å²) in [6.45, 7) is 5.43. The van der Waals surface area contributed by atoms with Gasteiger partial charge in [-0.2, -0.15) is 4.98 Å². The van der Waals surface area contributed by atoms with Gasteiger partial charge in [-0.1, -0.05) is 0 Å². The second-order valence-electron chi connectivity index (χ2n) is 4.93. The molecule has 1 saturated heterocycles. The number of aromatic nitrogens is 2. The fourth-order valence-electron chi connectivity index (χ4n) is 2.63. The minimum absolute atomic E-state index is 0.358. The highest BCUT2D eigenvalue weighted by molar-refractivity contribution is 7.18. The first-order valence-corrected chi connectivity index (χ1v) is 7.55. The average Bonchev–Trinajstić information content (AvgIpc) is 2.69. The highest BCUT2D eigenvalue weighted by Gasteiger charge is 2.23. The number of fused-ring (bicyclic) bond motifs is 1. The van der Waals surface area contributed by atoms with E-state index in [0.29, 0.717) is 11.3 Å².